The molecule has 0 aliphatic carbocycles. The molecule has 0 bridgehead atoms. The van der Waals surface area contributed by atoms with Crippen LogP contribution in [0.5, 0.6) is 0 Å². The zero-order valence-electron chi connectivity index (χ0n) is 34.9. The van der Waals surface area contributed by atoms with E-state index in [9.17, 15) is 0 Å². The van der Waals surface area contributed by atoms with Crippen molar-refractivity contribution in [3.8, 4) is 78.5 Å². The molecule has 12 rings (SSSR count). The number of rotatable bonds is 7. The summed E-state index contributed by atoms with van der Waals surface area (Å²) in [5, 5.41) is 8.56. The van der Waals surface area contributed by atoms with Crippen LogP contribution < -0.4 is 0 Å². The van der Waals surface area contributed by atoms with Crippen LogP contribution in [0.4, 0.5) is 0 Å². The quantitative estimate of drug-likeness (QED) is 0.150. The molecule has 3 nitrogen and oxygen atoms in total. The van der Waals surface area contributed by atoms with E-state index < -0.39 is 0 Å². The SMILES string of the molecule is c1ccc(-c2ccc(-c3cc(-c4ccc(-c5ccccc5)cc4)nc(-c4ccc(-c5ccc(-c6nc7ccccc7c7c8ccccc8c8ccccc8c67)cc5)cc4)n3)cc2)cc1. The first-order chi connectivity index (χ1) is 31.7. The van der Waals surface area contributed by atoms with Crippen molar-refractivity contribution >= 4 is 43.2 Å². The maximum Gasteiger partial charge on any atom is 0.160 e. The fourth-order valence-corrected chi connectivity index (χ4v) is 9.27. The minimum Gasteiger partial charge on any atom is -0.247 e. The molecule has 0 saturated heterocycles. The average molecular weight is 814 g/mol. The molecule has 0 unspecified atom stereocenters. The summed E-state index contributed by atoms with van der Waals surface area (Å²) in [6.45, 7) is 0. The predicted molar refractivity (Wildman–Crippen MR) is 268 cm³/mol. The van der Waals surface area contributed by atoms with E-state index in [2.05, 4.69) is 224 Å². The largest absolute Gasteiger partial charge is 0.247 e. The number of hydrogen-bond acceptors (Lipinski definition) is 3. The van der Waals surface area contributed by atoms with Gasteiger partial charge in [-0.3, -0.25) is 0 Å². The van der Waals surface area contributed by atoms with Gasteiger partial charge in [0.25, 0.3) is 0 Å². The van der Waals surface area contributed by atoms with E-state index in [0.717, 1.165) is 56.0 Å². The molecule has 0 fully saturated rings. The van der Waals surface area contributed by atoms with Crippen LogP contribution in [0.15, 0.2) is 237 Å². The highest BCUT2D eigenvalue weighted by atomic mass is 14.9. The highest BCUT2D eigenvalue weighted by molar-refractivity contribution is 6.33. The van der Waals surface area contributed by atoms with Crippen LogP contribution in [0.2, 0.25) is 0 Å². The lowest BCUT2D eigenvalue weighted by atomic mass is 9.89. The Bertz CT molecular complexity index is 3560. The number of nitrogens with zero attached hydrogens (tertiary/aromatic N) is 3. The summed E-state index contributed by atoms with van der Waals surface area (Å²) in [5.41, 5.74) is 14.8. The number of benzene rings is 10. The summed E-state index contributed by atoms with van der Waals surface area (Å²) in [4.78, 5) is 15.7. The van der Waals surface area contributed by atoms with E-state index in [1.807, 2.05) is 12.1 Å². The molecule has 2 heterocycles. The fraction of sp³-hybridized carbons (Fsp3) is 0. The van der Waals surface area contributed by atoms with Gasteiger partial charge in [0.15, 0.2) is 5.82 Å². The minimum absolute atomic E-state index is 0.683. The lowest BCUT2D eigenvalue weighted by Crippen LogP contribution is -1.96. The predicted octanol–water partition coefficient (Wildman–Crippen LogP) is 16.2. The van der Waals surface area contributed by atoms with Gasteiger partial charge < -0.3 is 0 Å². The number of para-hydroxylation sites is 1. The van der Waals surface area contributed by atoms with Gasteiger partial charge in [0, 0.05) is 38.4 Å². The summed E-state index contributed by atoms with van der Waals surface area (Å²) in [7, 11) is 0. The van der Waals surface area contributed by atoms with Gasteiger partial charge in [0.05, 0.1) is 22.6 Å². The number of fused-ring (bicyclic) bond motifs is 8. The third-order valence-electron chi connectivity index (χ3n) is 12.5. The van der Waals surface area contributed by atoms with E-state index in [-0.39, 0.29) is 0 Å². The van der Waals surface area contributed by atoms with Gasteiger partial charge in [-0.2, -0.15) is 0 Å². The Morgan fingerprint density at radius 3 is 1.05 bits per heavy atom. The molecule has 3 heteroatoms. The molecule has 0 aliphatic heterocycles. The molecule has 0 amide bonds. The van der Waals surface area contributed by atoms with Crippen LogP contribution in [0.3, 0.4) is 0 Å². The van der Waals surface area contributed by atoms with E-state index in [4.69, 9.17) is 15.0 Å². The second kappa shape index (κ2) is 15.7. The van der Waals surface area contributed by atoms with Crippen molar-refractivity contribution in [3.63, 3.8) is 0 Å². The average Bonchev–Trinajstić information content (AvgIpc) is 3.39. The first-order valence-corrected chi connectivity index (χ1v) is 21.8. The third kappa shape index (κ3) is 6.68. The monoisotopic (exact) mass is 813 g/mol. The molecule has 0 saturated carbocycles. The molecule has 298 valence electrons. The van der Waals surface area contributed by atoms with Crippen molar-refractivity contribution in [1.82, 2.24) is 15.0 Å². The van der Waals surface area contributed by atoms with Crippen molar-refractivity contribution in [2.24, 2.45) is 0 Å². The Labute approximate surface area is 371 Å². The standard InChI is InChI=1S/C61H39N3/c1-3-13-40(14-4-1)42-23-31-46(32-24-42)56-39-57(47-33-25-43(26-34-47)41-15-5-2-6-16-41)64-61(63-56)49-37-29-45(30-38-49)44-27-35-48(36-28-44)60-59-53-20-10-8-18-51(53)50-17-7-9-19-52(50)58(59)54-21-11-12-22-55(54)62-60/h1-39H. The van der Waals surface area contributed by atoms with Crippen LogP contribution >= 0.6 is 0 Å². The molecule has 0 spiro atoms. The van der Waals surface area contributed by atoms with Gasteiger partial charge in [-0.1, -0.05) is 224 Å². The Balaban J connectivity index is 0.913. The molecule has 0 atom stereocenters. The van der Waals surface area contributed by atoms with E-state index in [1.54, 1.807) is 0 Å². The zero-order valence-corrected chi connectivity index (χ0v) is 34.9. The summed E-state index contributed by atoms with van der Waals surface area (Å²) in [6.07, 6.45) is 0. The number of hydrogen-bond donors (Lipinski definition) is 0. The Morgan fingerprint density at radius 1 is 0.219 bits per heavy atom. The zero-order chi connectivity index (χ0) is 42.4. The van der Waals surface area contributed by atoms with Crippen molar-refractivity contribution in [2.45, 2.75) is 0 Å². The lowest BCUT2D eigenvalue weighted by molar-refractivity contribution is 1.18. The summed E-state index contributed by atoms with van der Waals surface area (Å²) in [6, 6.07) is 83.9. The van der Waals surface area contributed by atoms with Crippen LogP contribution in [-0.2, 0) is 0 Å². The van der Waals surface area contributed by atoms with E-state index in [1.165, 1.54) is 60.0 Å². The molecule has 0 radical (unpaired) electrons. The van der Waals surface area contributed by atoms with E-state index >= 15 is 0 Å². The Kier molecular flexibility index (Phi) is 9.16. The number of aromatic nitrogens is 3. The molecule has 64 heavy (non-hydrogen) atoms. The third-order valence-corrected chi connectivity index (χ3v) is 12.5. The van der Waals surface area contributed by atoms with Crippen LogP contribution in [0.1, 0.15) is 0 Å². The van der Waals surface area contributed by atoms with Gasteiger partial charge in [-0.25, -0.2) is 15.0 Å². The summed E-state index contributed by atoms with van der Waals surface area (Å²) >= 11 is 0. The van der Waals surface area contributed by atoms with Crippen LogP contribution in [0.25, 0.3) is 122 Å². The minimum atomic E-state index is 0.683. The molecular weight excluding hydrogens is 775 g/mol. The highest BCUT2D eigenvalue weighted by Crippen LogP contribution is 2.43. The second-order valence-electron chi connectivity index (χ2n) is 16.3. The van der Waals surface area contributed by atoms with Gasteiger partial charge in [-0.15, -0.1) is 0 Å². The molecule has 12 aromatic rings. The first kappa shape index (κ1) is 37.2. The van der Waals surface area contributed by atoms with Crippen LogP contribution in [-0.4, -0.2) is 15.0 Å². The van der Waals surface area contributed by atoms with Gasteiger partial charge >= 0.3 is 0 Å². The molecule has 0 N–H and O–H groups in total. The van der Waals surface area contributed by atoms with Crippen LogP contribution in [0, 0.1) is 0 Å². The van der Waals surface area contributed by atoms with Gasteiger partial charge in [-0.05, 0) is 67.1 Å². The van der Waals surface area contributed by atoms with Crippen molar-refractivity contribution in [3.05, 3.63) is 237 Å². The van der Waals surface area contributed by atoms with E-state index in [0.29, 0.717) is 5.82 Å². The van der Waals surface area contributed by atoms with Crippen molar-refractivity contribution in [2.75, 3.05) is 0 Å². The summed E-state index contributed by atoms with van der Waals surface area (Å²) < 4.78 is 0. The molecule has 10 aromatic carbocycles. The first-order valence-electron chi connectivity index (χ1n) is 21.8. The fourth-order valence-electron chi connectivity index (χ4n) is 9.27. The maximum atomic E-state index is 5.36. The van der Waals surface area contributed by atoms with Gasteiger partial charge in [0.1, 0.15) is 0 Å². The highest BCUT2D eigenvalue weighted by Gasteiger charge is 2.18. The molecule has 2 aromatic heterocycles. The smallest absolute Gasteiger partial charge is 0.160 e. The maximum absolute atomic E-state index is 5.36. The summed E-state index contributed by atoms with van der Waals surface area (Å²) in [5.74, 6) is 0.683. The van der Waals surface area contributed by atoms with Crippen molar-refractivity contribution < 1.29 is 0 Å². The normalized spacial score (nSPS) is 11.4. The molecular formula is C61H39N3. The number of pyridine rings is 1. The molecule has 0 aliphatic rings. The van der Waals surface area contributed by atoms with Crippen molar-refractivity contribution in [1.29, 1.82) is 0 Å². The Morgan fingerprint density at radius 2 is 0.562 bits per heavy atom. The second-order valence-corrected chi connectivity index (χ2v) is 16.3. The van der Waals surface area contributed by atoms with Gasteiger partial charge in [0.2, 0.25) is 0 Å². The Hall–Kier alpha value is -8.53. The topological polar surface area (TPSA) is 38.7 Å². The lowest BCUT2D eigenvalue weighted by Gasteiger charge is -2.16.